The lowest BCUT2D eigenvalue weighted by Gasteiger charge is -2.33. The molecule has 1 unspecified atom stereocenters. The summed E-state index contributed by atoms with van der Waals surface area (Å²) in [6.45, 7) is 13.5. The van der Waals surface area contributed by atoms with Crippen LogP contribution in [-0.4, -0.2) is 25.1 Å². The number of benzene rings is 1. The molecule has 1 heterocycles. The summed E-state index contributed by atoms with van der Waals surface area (Å²) in [6.07, 6.45) is 3.77. The molecule has 0 bridgehead atoms. The number of fused-ring (bicyclic) bond motifs is 1. The van der Waals surface area contributed by atoms with Crippen molar-refractivity contribution in [3.63, 3.8) is 0 Å². The number of ether oxygens (including phenoxy) is 2. The van der Waals surface area contributed by atoms with Gasteiger partial charge in [-0.3, -0.25) is 4.79 Å². The zero-order valence-corrected chi connectivity index (χ0v) is 21.6. The summed E-state index contributed by atoms with van der Waals surface area (Å²) in [4.78, 5) is 26.6. The first-order chi connectivity index (χ1) is 15.6. The highest BCUT2D eigenvalue weighted by Gasteiger charge is 2.34. The van der Waals surface area contributed by atoms with Crippen molar-refractivity contribution in [2.75, 3.05) is 18.5 Å². The number of anilines is 1. The largest absolute Gasteiger partial charge is 0.493 e. The van der Waals surface area contributed by atoms with Gasteiger partial charge in [0.15, 0.2) is 0 Å². The van der Waals surface area contributed by atoms with Gasteiger partial charge in [0.25, 0.3) is 0 Å². The third kappa shape index (κ3) is 6.38. The molecular formula is C27H37NO4S. The number of rotatable bonds is 8. The number of amides is 1. The van der Waals surface area contributed by atoms with E-state index in [9.17, 15) is 9.59 Å². The topological polar surface area (TPSA) is 64.6 Å². The van der Waals surface area contributed by atoms with Gasteiger partial charge in [-0.1, -0.05) is 38.5 Å². The first-order valence-corrected chi connectivity index (χ1v) is 12.7. The molecule has 1 atom stereocenters. The van der Waals surface area contributed by atoms with Gasteiger partial charge in [-0.2, -0.15) is 0 Å². The van der Waals surface area contributed by atoms with Gasteiger partial charge in [0.2, 0.25) is 5.91 Å². The Bertz CT molecular complexity index is 1000. The Morgan fingerprint density at radius 1 is 1.21 bits per heavy atom. The molecule has 1 amide bonds. The van der Waals surface area contributed by atoms with Crippen LogP contribution in [0.2, 0.25) is 0 Å². The zero-order chi connectivity index (χ0) is 24.2. The van der Waals surface area contributed by atoms with Crippen LogP contribution in [0.3, 0.4) is 0 Å². The van der Waals surface area contributed by atoms with E-state index in [2.05, 4.69) is 39.1 Å². The smallest absolute Gasteiger partial charge is 0.341 e. The number of thiophene rings is 1. The summed E-state index contributed by atoms with van der Waals surface area (Å²) in [6, 6.07) is 6.08. The van der Waals surface area contributed by atoms with E-state index in [1.54, 1.807) is 6.92 Å². The van der Waals surface area contributed by atoms with Crippen LogP contribution in [0.5, 0.6) is 5.75 Å². The van der Waals surface area contributed by atoms with Crippen molar-refractivity contribution in [1.29, 1.82) is 0 Å². The summed E-state index contributed by atoms with van der Waals surface area (Å²) >= 11 is 1.54. The molecule has 0 spiro atoms. The number of carbonyl (C=O) groups is 2. The summed E-state index contributed by atoms with van der Waals surface area (Å²) in [5.41, 5.74) is 4.13. The number of nitrogens with one attached hydrogen (secondary N) is 1. The lowest BCUT2D eigenvalue weighted by atomic mass is 9.72. The Hall–Kier alpha value is -2.34. The predicted octanol–water partition coefficient (Wildman–Crippen LogP) is 6.49. The van der Waals surface area contributed by atoms with Crippen molar-refractivity contribution in [2.45, 2.75) is 73.6 Å². The van der Waals surface area contributed by atoms with E-state index in [4.69, 9.17) is 9.47 Å². The number of aryl methyl sites for hydroxylation is 2. The Balaban J connectivity index is 1.64. The highest BCUT2D eigenvalue weighted by molar-refractivity contribution is 7.17. The van der Waals surface area contributed by atoms with Gasteiger partial charge >= 0.3 is 5.97 Å². The summed E-state index contributed by atoms with van der Waals surface area (Å²) in [5.74, 6) is 0.975. The molecule has 5 nitrogen and oxygen atoms in total. The average Bonchev–Trinajstić information content (AvgIpc) is 3.09. The number of esters is 1. The first-order valence-electron chi connectivity index (χ1n) is 11.9. The minimum atomic E-state index is -0.335. The maximum Gasteiger partial charge on any atom is 0.341 e. The quantitative estimate of drug-likeness (QED) is 0.353. The predicted molar refractivity (Wildman–Crippen MR) is 135 cm³/mol. The Morgan fingerprint density at radius 2 is 1.97 bits per heavy atom. The minimum Gasteiger partial charge on any atom is -0.493 e. The van der Waals surface area contributed by atoms with Crippen molar-refractivity contribution in [3.05, 3.63) is 45.3 Å². The van der Waals surface area contributed by atoms with Crippen LogP contribution in [-0.2, 0) is 22.4 Å². The molecule has 2 aromatic rings. The average molecular weight is 472 g/mol. The lowest BCUT2D eigenvalue weighted by Crippen LogP contribution is -2.26. The van der Waals surface area contributed by atoms with Crippen LogP contribution < -0.4 is 10.1 Å². The molecule has 0 saturated heterocycles. The molecule has 180 valence electrons. The van der Waals surface area contributed by atoms with Crippen molar-refractivity contribution < 1.29 is 19.1 Å². The van der Waals surface area contributed by atoms with Gasteiger partial charge in [0.1, 0.15) is 10.8 Å². The molecule has 0 aliphatic heterocycles. The van der Waals surface area contributed by atoms with Gasteiger partial charge in [-0.05, 0) is 75.0 Å². The summed E-state index contributed by atoms with van der Waals surface area (Å²) < 4.78 is 11.2. The maximum atomic E-state index is 12.7. The third-order valence-electron chi connectivity index (χ3n) is 6.36. The van der Waals surface area contributed by atoms with E-state index in [1.165, 1.54) is 21.8 Å². The van der Waals surface area contributed by atoms with Crippen molar-refractivity contribution in [3.8, 4) is 5.75 Å². The molecule has 6 heteroatoms. The SMILES string of the molecule is CCOC(=O)c1c(NC(=O)CCCOc2ccc(C)cc2C)sc2c1CCC(C(C)(C)C)C2. The number of hydrogen-bond acceptors (Lipinski definition) is 5. The normalized spacial score (nSPS) is 15.6. The van der Waals surface area contributed by atoms with Gasteiger partial charge in [0, 0.05) is 11.3 Å². The van der Waals surface area contributed by atoms with E-state index in [0.29, 0.717) is 42.5 Å². The van der Waals surface area contributed by atoms with Gasteiger partial charge < -0.3 is 14.8 Å². The fraction of sp³-hybridized carbons (Fsp3) is 0.556. The zero-order valence-electron chi connectivity index (χ0n) is 20.8. The minimum absolute atomic E-state index is 0.101. The molecule has 1 aromatic heterocycles. The second-order valence-corrected chi connectivity index (χ2v) is 11.1. The molecule has 1 aliphatic rings. The van der Waals surface area contributed by atoms with Crippen LogP contribution >= 0.6 is 11.3 Å². The van der Waals surface area contributed by atoms with Crippen LogP contribution in [0.4, 0.5) is 5.00 Å². The molecule has 0 radical (unpaired) electrons. The highest BCUT2D eigenvalue weighted by atomic mass is 32.1. The molecular weight excluding hydrogens is 434 g/mol. The van der Waals surface area contributed by atoms with Crippen molar-refractivity contribution >= 4 is 28.2 Å². The highest BCUT2D eigenvalue weighted by Crippen LogP contribution is 2.44. The summed E-state index contributed by atoms with van der Waals surface area (Å²) in [5, 5.41) is 3.63. The second kappa shape index (κ2) is 10.7. The third-order valence-corrected chi connectivity index (χ3v) is 7.53. The Kier molecular flexibility index (Phi) is 8.22. The van der Waals surface area contributed by atoms with Gasteiger partial charge in [-0.25, -0.2) is 4.79 Å². The van der Waals surface area contributed by atoms with Crippen molar-refractivity contribution in [2.24, 2.45) is 11.3 Å². The fourth-order valence-electron chi connectivity index (χ4n) is 4.40. The standard InChI is InChI=1S/C27H37NO4S/c1-7-31-26(30)24-20-12-11-19(27(4,5)6)16-22(20)33-25(24)28-23(29)9-8-14-32-21-13-10-17(2)15-18(21)3/h10,13,15,19H,7-9,11-12,14,16H2,1-6H3,(H,28,29). The van der Waals surface area contributed by atoms with E-state index in [0.717, 1.165) is 36.1 Å². The van der Waals surface area contributed by atoms with E-state index < -0.39 is 0 Å². The molecule has 1 aliphatic carbocycles. The number of hydrogen-bond donors (Lipinski definition) is 1. The van der Waals surface area contributed by atoms with Gasteiger partial charge in [-0.15, -0.1) is 11.3 Å². The fourth-order valence-corrected chi connectivity index (χ4v) is 5.73. The van der Waals surface area contributed by atoms with Gasteiger partial charge in [0.05, 0.1) is 18.8 Å². The molecule has 1 aromatic carbocycles. The van der Waals surface area contributed by atoms with Crippen LogP contribution in [0.15, 0.2) is 18.2 Å². The molecule has 33 heavy (non-hydrogen) atoms. The van der Waals surface area contributed by atoms with Crippen molar-refractivity contribution in [1.82, 2.24) is 0 Å². The van der Waals surface area contributed by atoms with Crippen LogP contribution in [0.25, 0.3) is 0 Å². The Labute approximate surface area is 201 Å². The molecule has 3 rings (SSSR count). The number of carbonyl (C=O) groups excluding carboxylic acids is 2. The van der Waals surface area contributed by atoms with E-state index in [-0.39, 0.29) is 17.3 Å². The van der Waals surface area contributed by atoms with E-state index in [1.807, 2.05) is 19.1 Å². The molecule has 0 fully saturated rings. The van der Waals surface area contributed by atoms with E-state index >= 15 is 0 Å². The first kappa shape index (κ1) is 25.3. The Morgan fingerprint density at radius 3 is 2.64 bits per heavy atom. The lowest BCUT2D eigenvalue weighted by molar-refractivity contribution is -0.116. The molecule has 0 saturated carbocycles. The van der Waals surface area contributed by atoms with Crippen LogP contribution in [0, 0.1) is 25.2 Å². The molecule has 1 N–H and O–H groups in total. The van der Waals surface area contributed by atoms with Crippen LogP contribution in [0.1, 0.15) is 78.9 Å². The second-order valence-electron chi connectivity index (χ2n) is 10.0. The monoisotopic (exact) mass is 471 g/mol. The maximum absolute atomic E-state index is 12.7. The summed E-state index contributed by atoms with van der Waals surface area (Å²) in [7, 11) is 0.